The van der Waals surface area contributed by atoms with Crippen LogP contribution in [0.2, 0.25) is 0 Å². The largest absolute Gasteiger partial charge is 0.462 e. The number of aliphatic hydroxyl groups excluding tert-OH is 2. The van der Waals surface area contributed by atoms with Crippen LogP contribution in [0.1, 0.15) is 136 Å². The molecule has 0 fully saturated rings. The second-order valence-electron chi connectivity index (χ2n) is 12.2. The summed E-state index contributed by atoms with van der Waals surface area (Å²) in [4.78, 5) is 24.1. The van der Waals surface area contributed by atoms with Gasteiger partial charge in [-0.2, -0.15) is 0 Å². The van der Waals surface area contributed by atoms with Gasteiger partial charge in [0.1, 0.15) is 6.61 Å². The predicted octanol–water partition coefficient (Wildman–Crippen LogP) is 9.83. The minimum atomic E-state index is -0.813. The summed E-state index contributed by atoms with van der Waals surface area (Å²) >= 11 is 0. The Morgan fingerprint density at radius 2 is 1.26 bits per heavy atom. The highest BCUT2D eigenvalue weighted by molar-refractivity contribution is 5.70. The van der Waals surface area contributed by atoms with E-state index in [0.717, 1.165) is 50.9 Å². The smallest absolute Gasteiger partial charge is 0.306 e. The number of unbranched alkanes of at least 4 members (excludes halogenated alkanes) is 8. The Bertz CT molecular complexity index is 895. The molecule has 0 aromatic heterocycles. The number of carbonyl (C=O) groups excluding carboxylic acids is 2. The first-order valence-electron chi connectivity index (χ1n) is 18.0. The van der Waals surface area contributed by atoms with E-state index < -0.39 is 12.2 Å². The van der Waals surface area contributed by atoms with Crippen molar-refractivity contribution in [3.8, 4) is 0 Å². The van der Waals surface area contributed by atoms with Gasteiger partial charge in [-0.3, -0.25) is 9.59 Å². The van der Waals surface area contributed by atoms with E-state index in [1.54, 1.807) is 6.08 Å². The van der Waals surface area contributed by atoms with Crippen molar-refractivity contribution >= 4 is 11.9 Å². The quantitative estimate of drug-likeness (QED) is 0.0351. The van der Waals surface area contributed by atoms with Gasteiger partial charge in [0.25, 0.3) is 0 Å². The van der Waals surface area contributed by atoms with Crippen molar-refractivity contribution in [1.82, 2.24) is 0 Å². The van der Waals surface area contributed by atoms with E-state index in [0.29, 0.717) is 19.3 Å². The molecule has 0 aliphatic rings. The summed E-state index contributed by atoms with van der Waals surface area (Å²) in [5.41, 5.74) is 0. The molecule has 0 saturated carbocycles. The number of allylic oxidation sites excluding steroid dienone is 10. The average molecular weight is 643 g/mol. The first kappa shape index (κ1) is 43.3. The number of hydrogen-bond acceptors (Lipinski definition) is 6. The summed E-state index contributed by atoms with van der Waals surface area (Å²) < 4.78 is 10.5. The van der Waals surface area contributed by atoms with Crippen LogP contribution in [-0.4, -0.2) is 47.6 Å². The maximum absolute atomic E-state index is 12.1. The third kappa shape index (κ3) is 32.7. The molecule has 0 aromatic carbocycles. The molecule has 262 valence electrons. The number of esters is 2. The van der Waals surface area contributed by atoms with E-state index in [1.807, 2.05) is 30.4 Å². The monoisotopic (exact) mass is 642 g/mol. The number of rotatable bonds is 30. The molecule has 0 aliphatic carbocycles. The maximum Gasteiger partial charge on any atom is 0.306 e. The number of ether oxygens (including phenoxy) is 2. The number of aliphatic hydroxyl groups is 2. The summed E-state index contributed by atoms with van der Waals surface area (Å²) in [7, 11) is 0. The van der Waals surface area contributed by atoms with Crippen LogP contribution in [0, 0.1) is 5.92 Å². The first-order valence-corrected chi connectivity index (χ1v) is 18.0. The molecule has 1 unspecified atom stereocenters. The number of hydrogen-bond donors (Lipinski definition) is 2. The molecular formula is C40H66O6. The average Bonchev–Trinajstić information content (AvgIpc) is 3.03. The van der Waals surface area contributed by atoms with Gasteiger partial charge in [-0.25, -0.2) is 0 Å². The molecule has 46 heavy (non-hydrogen) atoms. The fourth-order valence-electron chi connectivity index (χ4n) is 4.55. The van der Waals surface area contributed by atoms with Crippen molar-refractivity contribution < 1.29 is 29.3 Å². The zero-order valence-electron chi connectivity index (χ0n) is 29.3. The lowest BCUT2D eigenvalue weighted by Crippen LogP contribution is -2.28. The lowest BCUT2D eigenvalue weighted by Gasteiger charge is -2.15. The van der Waals surface area contributed by atoms with Gasteiger partial charge in [-0.05, 0) is 50.9 Å². The lowest BCUT2D eigenvalue weighted by molar-refractivity contribution is -0.161. The zero-order chi connectivity index (χ0) is 33.9. The summed E-state index contributed by atoms with van der Waals surface area (Å²) in [5.74, 6) is 0.0871. The molecule has 6 heteroatoms. The molecule has 0 aromatic rings. The highest BCUT2D eigenvalue weighted by atomic mass is 16.6. The molecule has 0 amide bonds. The van der Waals surface area contributed by atoms with Gasteiger partial charge < -0.3 is 19.7 Å². The van der Waals surface area contributed by atoms with E-state index in [2.05, 4.69) is 57.2 Å². The van der Waals surface area contributed by atoms with Crippen LogP contribution in [0.5, 0.6) is 0 Å². The molecule has 0 heterocycles. The van der Waals surface area contributed by atoms with Crippen LogP contribution in [0.15, 0.2) is 72.9 Å². The van der Waals surface area contributed by atoms with Gasteiger partial charge >= 0.3 is 11.9 Å². The Labute approximate surface area is 281 Å². The minimum Gasteiger partial charge on any atom is -0.462 e. The molecule has 0 spiro atoms. The fourth-order valence-corrected chi connectivity index (χ4v) is 4.55. The van der Waals surface area contributed by atoms with Crippen LogP contribution in [0.3, 0.4) is 0 Å². The van der Waals surface area contributed by atoms with Crippen molar-refractivity contribution in [3.63, 3.8) is 0 Å². The van der Waals surface area contributed by atoms with Crippen LogP contribution >= 0.6 is 0 Å². The lowest BCUT2D eigenvalue weighted by atomic mass is 10.0. The van der Waals surface area contributed by atoms with Crippen LogP contribution in [-0.2, 0) is 19.1 Å². The van der Waals surface area contributed by atoms with E-state index in [4.69, 9.17) is 9.47 Å². The third-order valence-corrected chi connectivity index (χ3v) is 7.29. The molecule has 2 N–H and O–H groups in total. The number of carbonyl (C=O) groups is 2. The van der Waals surface area contributed by atoms with Gasteiger partial charge in [-0.1, -0.05) is 151 Å². The Kier molecular flexibility index (Phi) is 31.7. The third-order valence-electron chi connectivity index (χ3n) is 7.29. The Hall–Kier alpha value is -2.70. The Balaban J connectivity index is 3.80. The van der Waals surface area contributed by atoms with Crippen molar-refractivity contribution in [2.75, 3.05) is 13.2 Å². The van der Waals surface area contributed by atoms with Gasteiger partial charge in [0.2, 0.25) is 0 Å². The van der Waals surface area contributed by atoms with E-state index in [-0.39, 0.29) is 31.6 Å². The topological polar surface area (TPSA) is 93.1 Å². The van der Waals surface area contributed by atoms with Crippen LogP contribution < -0.4 is 0 Å². The standard InChI is InChI=1S/C40H66O6/c1-4-5-24-30-37(42)31-26-21-17-13-9-7-6-8-10-14-18-22-27-32-39(43)45-35-38(34-41)46-40(44)33-28-23-19-15-11-12-16-20-25-29-36(2)3/h5,7-10,17-18,21-22,24,26,31,36-38,41-42H,4,6,11-16,19-20,23,25,27-30,32-35H2,1-3H3/b9-7-,10-8-,21-17+,22-18-,24-5-,31-26+/t37?,38-/m0/s1. The molecule has 2 atom stereocenters. The van der Waals surface area contributed by atoms with Crippen molar-refractivity contribution in [1.29, 1.82) is 0 Å². The molecule has 0 aliphatic heterocycles. The van der Waals surface area contributed by atoms with Crippen molar-refractivity contribution in [2.45, 2.75) is 149 Å². The summed E-state index contributed by atoms with van der Waals surface area (Å²) in [6, 6.07) is 0. The molecule has 0 radical (unpaired) electrons. The van der Waals surface area contributed by atoms with Crippen molar-refractivity contribution in [2.24, 2.45) is 5.92 Å². The maximum atomic E-state index is 12.1. The SMILES string of the molecule is CC/C=C\CC(O)/C=C/C=C/C/C=C\C/C=C\C/C=C\CCC(=O)OC[C@H](CO)OC(=O)CCCCCCCCCCCC(C)C. The highest BCUT2D eigenvalue weighted by Gasteiger charge is 2.15. The molecule has 0 rings (SSSR count). The predicted molar refractivity (Wildman–Crippen MR) is 192 cm³/mol. The summed E-state index contributed by atoms with van der Waals surface area (Å²) in [6.07, 6.45) is 40.2. The van der Waals surface area contributed by atoms with Crippen LogP contribution in [0.25, 0.3) is 0 Å². The highest BCUT2D eigenvalue weighted by Crippen LogP contribution is 2.14. The molecule has 0 bridgehead atoms. The molecule has 6 nitrogen and oxygen atoms in total. The minimum absolute atomic E-state index is 0.120. The van der Waals surface area contributed by atoms with Gasteiger partial charge in [0.05, 0.1) is 12.7 Å². The zero-order valence-corrected chi connectivity index (χ0v) is 29.3. The summed E-state index contributed by atoms with van der Waals surface area (Å²) in [6.45, 7) is 6.15. The van der Waals surface area contributed by atoms with E-state index >= 15 is 0 Å². The summed E-state index contributed by atoms with van der Waals surface area (Å²) in [5, 5.41) is 19.3. The van der Waals surface area contributed by atoms with Gasteiger partial charge in [0.15, 0.2) is 6.10 Å². The Morgan fingerprint density at radius 1 is 0.674 bits per heavy atom. The second kappa shape index (κ2) is 33.7. The van der Waals surface area contributed by atoms with Crippen molar-refractivity contribution in [3.05, 3.63) is 72.9 Å². The molecule has 0 saturated heterocycles. The fraction of sp³-hybridized carbons (Fsp3) is 0.650. The second-order valence-corrected chi connectivity index (χ2v) is 12.2. The van der Waals surface area contributed by atoms with Gasteiger partial charge in [-0.15, -0.1) is 0 Å². The first-order chi connectivity index (χ1) is 22.4. The van der Waals surface area contributed by atoms with E-state index in [1.165, 1.54) is 44.9 Å². The molecular weight excluding hydrogens is 576 g/mol. The normalized spacial score (nSPS) is 13.9. The van der Waals surface area contributed by atoms with E-state index in [9.17, 15) is 19.8 Å². The van der Waals surface area contributed by atoms with Gasteiger partial charge in [0, 0.05) is 12.8 Å². The van der Waals surface area contributed by atoms with Crippen LogP contribution in [0.4, 0.5) is 0 Å². The Morgan fingerprint density at radius 3 is 1.87 bits per heavy atom.